The minimum absolute atomic E-state index is 0.113. The van der Waals surface area contributed by atoms with Crippen molar-refractivity contribution in [3.05, 3.63) is 22.8 Å². The van der Waals surface area contributed by atoms with Crippen molar-refractivity contribution in [3.63, 3.8) is 0 Å². The van der Waals surface area contributed by atoms with Crippen LogP contribution in [0.2, 0.25) is 0 Å². The fourth-order valence-electron chi connectivity index (χ4n) is 6.21. The van der Waals surface area contributed by atoms with Gasteiger partial charge in [-0.3, -0.25) is 9.59 Å². The molecule has 4 rings (SSSR count). The van der Waals surface area contributed by atoms with E-state index in [0.717, 1.165) is 38.5 Å². The SMILES string of the molecule is CC(C)(C)[C@H]1C[C@]2(C)C(=O)CC[C@H]2[C@@H]2CCC3=CC(=O)CCC3=C21. The summed E-state index contributed by atoms with van der Waals surface area (Å²) < 4.78 is 0. The predicted octanol–water partition coefficient (Wildman–Crippen LogP) is 5.03. The summed E-state index contributed by atoms with van der Waals surface area (Å²) in [6.45, 7) is 9.25. The molecule has 2 fully saturated rings. The topological polar surface area (TPSA) is 34.1 Å². The molecule has 0 spiro atoms. The Morgan fingerprint density at radius 2 is 1.79 bits per heavy atom. The average molecular weight is 326 g/mol. The first-order valence-electron chi connectivity index (χ1n) is 9.72. The van der Waals surface area contributed by atoms with Gasteiger partial charge >= 0.3 is 0 Å². The van der Waals surface area contributed by atoms with Crippen LogP contribution >= 0.6 is 0 Å². The highest BCUT2D eigenvalue weighted by atomic mass is 16.1. The molecule has 0 amide bonds. The molecule has 0 aromatic heterocycles. The van der Waals surface area contributed by atoms with E-state index in [1.54, 1.807) is 5.57 Å². The lowest BCUT2D eigenvalue weighted by molar-refractivity contribution is -0.129. The monoisotopic (exact) mass is 326 g/mol. The molecule has 0 saturated heterocycles. The van der Waals surface area contributed by atoms with E-state index in [1.165, 1.54) is 11.1 Å². The van der Waals surface area contributed by atoms with Gasteiger partial charge in [0.1, 0.15) is 5.78 Å². The highest BCUT2D eigenvalue weighted by molar-refractivity contribution is 5.93. The molecule has 0 aromatic carbocycles. The molecule has 4 aliphatic carbocycles. The van der Waals surface area contributed by atoms with Crippen LogP contribution < -0.4 is 0 Å². The maximum Gasteiger partial charge on any atom is 0.156 e. The van der Waals surface area contributed by atoms with Crippen LogP contribution in [-0.4, -0.2) is 11.6 Å². The van der Waals surface area contributed by atoms with E-state index in [4.69, 9.17) is 0 Å². The van der Waals surface area contributed by atoms with Crippen molar-refractivity contribution in [1.29, 1.82) is 0 Å². The van der Waals surface area contributed by atoms with Gasteiger partial charge in [-0.05, 0) is 72.5 Å². The maximum atomic E-state index is 12.7. The molecular weight excluding hydrogens is 296 g/mol. The van der Waals surface area contributed by atoms with Crippen LogP contribution in [0, 0.1) is 28.6 Å². The van der Waals surface area contributed by atoms with Crippen LogP contribution in [0.1, 0.15) is 72.6 Å². The Morgan fingerprint density at radius 1 is 1.04 bits per heavy atom. The van der Waals surface area contributed by atoms with Crippen molar-refractivity contribution in [2.45, 2.75) is 72.6 Å². The van der Waals surface area contributed by atoms with E-state index in [2.05, 4.69) is 27.7 Å². The number of ketones is 2. The third kappa shape index (κ3) is 2.21. The molecule has 2 heteroatoms. The van der Waals surface area contributed by atoms with Gasteiger partial charge < -0.3 is 0 Å². The van der Waals surface area contributed by atoms with Crippen LogP contribution in [0.25, 0.3) is 0 Å². The van der Waals surface area contributed by atoms with Crippen LogP contribution in [-0.2, 0) is 9.59 Å². The Bertz CT molecular complexity index is 673. The Morgan fingerprint density at radius 3 is 2.50 bits per heavy atom. The number of fused-ring (bicyclic) bond motifs is 4. The normalized spacial score (nSPS) is 39.3. The zero-order valence-corrected chi connectivity index (χ0v) is 15.6. The highest BCUT2D eigenvalue weighted by Gasteiger charge is 2.57. The quantitative estimate of drug-likeness (QED) is 0.625. The molecule has 0 radical (unpaired) electrons. The summed E-state index contributed by atoms with van der Waals surface area (Å²) in [5.41, 5.74) is 4.52. The van der Waals surface area contributed by atoms with Gasteiger partial charge in [-0.1, -0.05) is 33.3 Å². The molecule has 2 saturated carbocycles. The lowest BCUT2D eigenvalue weighted by Crippen LogP contribution is -2.47. The smallest absolute Gasteiger partial charge is 0.156 e. The molecule has 0 aromatic rings. The standard InChI is InChI=1S/C22H30O2/c1-21(2,3)18-12-22(4)17(9-10-19(22)24)16-7-5-13-11-14(23)6-8-15(13)20(16)18/h11,16-18H,5-10,12H2,1-4H3/t16-,17-,18-,22-/m0/s1. The number of carbonyl (C=O) groups excluding carboxylic acids is 2. The van der Waals surface area contributed by atoms with Crippen molar-refractivity contribution in [2.24, 2.45) is 28.6 Å². The summed E-state index contributed by atoms with van der Waals surface area (Å²) in [5, 5.41) is 0. The zero-order chi connectivity index (χ0) is 17.3. The Hall–Kier alpha value is -1.18. The molecular formula is C22H30O2. The van der Waals surface area contributed by atoms with Crippen molar-refractivity contribution in [1.82, 2.24) is 0 Å². The Balaban J connectivity index is 1.88. The lowest BCUT2D eigenvalue weighted by Gasteiger charge is -2.53. The van der Waals surface area contributed by atoms with Gasteiger partial charge in [-0.25, -0.2) is 0 Å². The van der Waals surface area contributed by atoms with Gasteiger partial charge in [0.2, 0.25) is 0 Å². The molecule has 0 heterocycles. The van der Waals surface area contributed by atoms with Gasteiger partial charge in [0.25, 0.3) is 0 Å². The summed E-state index contributed by atoms with van der Waals surface area (Å²) in [6, 6.07) is 0. The molecule has 0 unspecified atom stereocenters. The van der Waals surface area contributed by atoms with Crippen LogP contribution in [0.5, 0.6) is 0 Å². The number of hydrogen-bond donors (Lipinski definition) is 0. The third-order valence-corrected chi connectivity index (χ3v) is 7.49. The van der Waals surface area contributed by atoms with Gasteiger partial charge in [0.05, 0.1) is 0 Å². The molecule has 24 heavy (non-hydrogen) atoms. The van der Waals surface area contributed by atoms with E-state index < -0.39 is 0 Å². The molecule has 4 aliphatic rings. The molecule has 0 bridgehead atoms. The fourth-order valence-corrected chi connectivity index (χ4v) is 6.21. The summed E-state index contributed by atoms with van der Waals surface area (Å²) in [4.78, 5) is 24.6. The third-order valence-electron chi connectivity index (χ3n) is 7.49. The first kappa shape index (κ1) is 16.3. The second-order valence-electron chi connectivity index (χ2n) is 9.82. The van der Waals surface area contributed by atoms with Gasteiger partial charge in [-0.15, -0.1) is 0 Å². The second kappa shape index (κ2) is 5.16. The Kier molecular flexibility index (Phi) is 3.50. The van der Waals surface area contributed by atoms with E-state index in [0.29, 0.717) is 35.7 Å². The van der Waals surface area contributed by atoms with Crippen LogP contribution in [0.3, 0.4) is 0 Å². The summed E-state index contributed by atoms with van der Waals surface area (Å²) in [7, 11) is 0. The minimum Gasteiger partial charge on any atom is -0.299 e. The molecule has 0 N–H and O–H groups in total. The van der Waals surface area contributed by atoms with E-state index in [1.807, 2.05) is 6.08 Å². The molecule has 2 nitrogen and oxygen atoms in total. The largest absolute Gasteiger partial charge is 0.299 e. The zero-order valence-electron chi connectivity index (χ0n) is 15.6. The lowest BCUT2D eigenvalue weighted by atomic mass is 9.50. The minimum atomic E-state index is -0.113. The number of carbonyl (C=O) groups is 2. The van der Waals surface area contributed by atoms with Crippen LogP contribution in [0.15, 0.2) is 22.8 Å². The first-order valence-corrected chi connectivity index (χ1v) is 9.72. The second-order valence-corrected chi connectivity index (χ2v) is 9.82. The first-order chi connectivity index (χ1) is 11.2. The number of hydrogen-bond acceptors (Lipinski definition) is 2. The highest BCUT2D eigenvalue weighted by Crippen LogP contribution is 2.63. The average Bonchev–Trinajstić information content (AvgIpc) is 2.80. The van der Waals surface area contributed by atoms with E-state index in [-0.39, 0.29) is 10.8 Å². The van der Waals surface area contributed by atoms with Crippen molar-refractivity contribution < 1.29 is 9.59 Å². The maximum absolute atomic E-state index is 12.7. The predicted molar refractivity (Wildman–Crippen MR) is 95.5 cm³/mol. The van der Waals surface area contributed by atoms with Crippen molar-refractivity contribution in [3.8, 4) is 0 Å². The molecule has 0 aliphatic heterocycles. The van der Waals surface area contributed by atoms with Gasteiger partial charge in [0.15, 0.2) is 5.78 Å². The fraction of sp³-hybridized carbons (Fsp3) is 0.727. The van der Waals surface area contributed by atoms with Crippen molar-refractivity contribution in [2.75, 3.05) is 0 Å². The van der Waals surface area contributed by atoms with E-state index >= 15 is 0 Å². The van der Waals surface area contributed by atoms with E-state index in [9.17, 15) is 9.59 Å². The van der Waals surface area contributed by atoms with Gasteiger partial charge in [-0.2, -0.15) is 0 Å². The Labute approximate surface area is 145 Å². The summed E-state index contributed by atoms with van der Waals surface area (Å²) in [6.07, 6.45) is 8.56. The number of Topliss-reactive ketones (excluding diaryl/α,β-unsaturated/α-hetero) is 1. The summed E-state index contributed by atoms with van der Waals surface area (Å²) >= 11 is 0. The van der Waals surface area contributed by atoms with Crippen LogP contribution in [0.4, 0.5) is 0 Å². The number of rotatable bonds is 0. The molecule has 4 atom stereocenters. The van der Waals surface area contributed by atoms with Crippen molar-refractivity contribution >= 4 is 11.6 Å². The summed E-state index contributed by atoms with van der Waals surface area (Å²) in [5.74, 6) is 2.38. The van der Waals surface area contributed by atoms with Gasteiger partial charge in [0, 0.05) is 18.3 Å². The molecule has 130 valence electrons. The number of allylic oxidation sites excluding steroid dienone is 4.